The minimum atomic E-state index is 0.761. The Bertz CT molecular complexity index is 331. The van der Waals surface area contributed by atoms with Crippen LogP contribution in [0.5, 0.6) is 0 Å². The molecule has 0 aliphatic carbocycles. The lowest BCUT2D eigenvalue weighted by Gasteiger charge is -2.09. The van der Waals surface area contributed by atoms with Crippen molar-refractivity contribution in [2.24, 2.45) is 5.92 Å². The lowest BCUT2D eigenvalue weighted by atomic mass is 10.1. The van der Waals surface area contributed by atoms with Gasteiger partial charge in [0.2, 0.25) is 0 Å². The molecule has 1 aliphatic rings. The number of rotatable bonds is 2. The van der Waals surface area contributed by atoms with Crippen LogP contribution in [0.3, 0.4) is 0 Å². The summed E-state index contributed by atoms with van der Waals surface area (Å²) in [5.41, 5.74) is 7.02. The minimum absolute atomic E-state index is 0.761. The maximum atomic E-state index is 5.97. The topological polar surface area (TPSA) is 43.8 Å². The fraction of sp³-hybridized carbons (Fsp3) is 0.667. The number of anilines is 1. The zero-order valence-electron chi connectivity index (χ0n) is 8.16. The first-order chi connectivity index (χ1) is 6.68. The van der Waals surface area contributed by atoms with Gasteiger partial charge < -0.3 is 5.73 Å². The Morgan fingerprint density at radius 2 is 2.50 bits per heavy atom. The molecule has 0 aromatic carbocycles. The van der Waals surface area contributed by atoms with Crippen LogP contribution in [0.15, 0.2) is 0 Å². The number of nitrogens with two attached hydrogens (primary N) is 1. The molecule has 0 bridgehead atoms. The van der Waals surface area contributed by atoms with Gasteiger partial charge in [-0.05, 0) is 53.4 Å². The van der Waals surface area contributed by atoms with Crippen LogP contribution in [0, 0.1) is 16.4 Å². The molecule has 78 valence electrons. The van der Waals surface area contributed by atoms with Gasteiger partial charge in [-0.3, -0.25) is 0 Å². The second-order valence-corrected chi connectivity index (χ2v) is 5.92. The quantitative estimate of drug-likeness (QED) is 0.848. The van der Waals surface area contributed by atoms with Gasteiger partial charge in [0.25, 0.3) is 0 Å². The van der Waals surface area contributed by atoms with E-state index >= 15 is 0 Å². The Labute approximate surface area is 102 Å². The van der Waals surface area contributed by atoms with Gasteiger partial charge in [-0.15, -0.1) is 0 Å². The predicted molar refractivity (Wildman–Crippen MR) is 69.5 cm³/mol. The van der Waals surface area contributed by atoms with Crippen molar-refractivity contribution in [3.63, 3.8) is 0 Å². The predicted octanol–water partition coefficient (Wildman–Crippen LogP) is 2.13. The van der Waals surface area contributed by atoms with E-state index in [9.17, 15) is 0 Å². The largest absolute Gasteiger partial charge is 0.383 e. The van der Waals surface area contributed by atoms with Crippen molar-refractivity contribution in [1.29, 1.82) is 0 Å². The molecule has 1 aromatic heterocycles. The number of nitrogens with zero attached hydrogens (tertiary/aromatic N) is 2. The van der Waals surface area contributed by atoms with Crippen molar-refractivity contribution >= 4 is 40.2 Å². The Hall–Kier alpha value is 0.0900. The maximum Gasteiger partial charge on any atom is 0.135 e. The third-order valence-electron chi connectivity index (χ3n) is 2.55. The molecule has 1 aromatic rings. The van der Waals surface area contributed by atoms with E-state index in [1.807, 2.05) is 23.4 Å². The zero-order valence-corrected chi connectivity index (χ0v) is 11.1. The first-order valence-electron chi connectivity index (χ1n) is 4.74. The zero-order chi connectivity index (χ0) is 10.1. The number of thioether (sulfide) groups is 1. The molecule has 5 heteroatoms. The lowest BCUT2D eigenvalue weighted by Crippen LogP contribution is -2.13. The Morgan fingerprint density at radius 3 is 3.00 bits per heavy atom. The van der Waals surface area contributed by atoms with Crippen molar-refractivity contribution in [1.82, 2.24) is 9.78 Å². The van der Waals surface area contributed by atoms with E-state index in [1.54, 1.807) is 0 Å². The van der Waals surface area contributed by atoms with Crippen LogP contribution in [0.25, 0.3) is 0 Å². The summed E-state index contributed by atoms with van der Waals surface area (Å²) in [4.78, 5) is 0. The fourth-order valence-corrected chi connectivity index (χ4v) is 3.35. The molecule has 0 spiro atoms. The fourth-order valence-electron chi connectivity index (χ4n) is 1.69. The van der Waals surface area contributed by atoms with Crippen LogP contribution in [0.2, 0.25) is 0 Å². The van der Waals surface area contributed by atoms with E-state index in [-0.39, 0.29) is 0 Å². The van der Waals surface area contributed by atoms with Crippen LogP contribution in [-0.4, -0.2) is 21.3 Å². The Kier molecular flexibility index (Phi) is 3.26. The monoisotopic (exact) mass is 323 g/mol. The average molecular weight is 323 g/mol. The number of aryl methyl sites for hydroxylation is 1. The highest BCUT2D eigenvalue weighted by molar-refractivity contribution is 14.1. The van der Waals surface area contributed by atoms with Crippen molar-refractivity contribution in [2.75, 3.05) is 17.2 Å². The van der Waals surface area contributed by atoms with Gasteiger partial charge in [-0.1, -0.05) is 0 Å². The number of aromatic nitrogens is 2. The molecule has 3 nitrogen and oxygen atoms in total. The summed E-state index contributed by atoms with van der Waals surface area (Å²) in [5, 5.41) is 4.45. The Morgan fingerprint density at radius 1 is 1.71 bits per heavy atom. The number of halogens is 1. The summed E-state index contributed by atoms with van der Waals surface area (Å²) < 4.78 is 3.07. The standard InChI is InChI=1S/C9H14IN3S/c1-6-8(10)9(11)13(12-6)4-7-2-3-14-5-7/h7H,2-5,11H2,1H3. The summed E-state index contributed by atoms with van der Waals surface area (Å²) >= 11 is 4.30. The first-order valence-corrected chi connectivity index (χ1v) is 6.98. The van der Waals surface area contributed by atoms with Crippen LogP contribution < -0.4 is 5.73 Å². The molecular weight excluding hydrogens is 309 g/mol. The molecule has 2 heterocycles. The van der Waals surface area contributed by atoms with Gasteiger partial charge >= 0.3 is 0 Å². The molecule has 2 N–H and O–H groups in total. The molecular formula is C9H14IN3S. The lowest BCUT2D eigenvalue weighted by molar-refractivity contribution is 0.462. The second-order valence-electron chi connectivity index (χ2n) is 3.70. The molecule has 0 amide bonds. The number of hydrogen-bond donors (Lipinski definition) is 1. The molecule has 1 atom stereocenters. The summed E-state index contributed by atoms with van der Waals surface area (Å²) in [6.45, 7) is 3.00. The molecule has 1 saturated heterocycles. The van der Waals surface area contributed by atoms with E-state index in [0.717, 1.165) is 27.5 Å². The molecule has 14 heavy (non-hydrogen) atoms. The summed E-state index contributed by atoms with van der Waals surface area (Å²) in [5.74, 6) is 4.15. The Balaban J connectivity index is 2.12. The van der Waals surface area contributed by atoms with Crippen molar-refractivity contribution in [2.45, 2.75) is 19.9 Å². The summed E-state index contributed by atoms with van der Waals surface area (Å²) in [6.07, 6.45) is 1.31. The summed E-state index contributed by atoms with van der Waals surface area (Å²) in [6, 6.07) is 0. The van der Waals surface area contributed by atoms with Crippen LogP contribution in [-0.2, 0) is 6.54 Å². The smallest absolute Gasteiger partial charge is 0.135 e. The normalized spacial score (nSPS) is 21.7. The minimum Gasteiger partial charge on any atom is -0.383 e. The van der Waals surface area contributed by atoms with Gasteiger partial charge in [-0.2, -0.15) is 16.9 Å². The van der Waals surface area contributed by atoms with Crippen LogP contribution in [0.1, 0.15) is 12.1 Å². The van der Waals surface area contributed by atoms with E-state index < -0.39 is 0 Å². The van der Waals surface area contributed by atoms with Crippen LogP contribution in [0.4, 0.5) is 5.82 Å². The van der Waals surface area contributed by atoms with E-state index in [2.05, 4.69) is 27.7 Å². The SMILES string of the molecule is Cc1nn(CC2CCSC2)c(N)c1I. The summed E-state index contributed by atoms with van der Waals surface area (Å²) in [7, 11) is 0. The van der Waals surface area contributed by atoms with Crippen LogP contribution >= 0.6 is 34.4 Å². The maximum absolute atomic E-state index is 5.97. The molecule has 0 radical (unpaired) electrons. The first kappa shape index (κ1) is 10.6. The molecule has 1 unspecified atom stereocenters. The van der Waals surface area contributed by atoms with Gasteiger partial charge in [0.15, 0.2) is 0 Å². The number of hydrogen-bond acceptors (Lipinski definition) is 3. The highest BCUT2D eigenvalue weighted by atomic mass is 127. The van der Waals surface area contributed by atoms with E-state index in [1.165, 1.54) is 17.9 Å². The van der Waals surface area contributed by atoms with E-state index in [0.29, 0.717) is 0 Å². The van der Waals surface area contributed by atoms with Gasteiger partial charge in [0.1, 0.15) is 5.82 Å². The third-order valence-corrected chi connectivity index (χ3v) is 5.11. The van der Waals surface area contributed by atoms with Crippen molar-refractivity contribution in [3.05, 3.63) is 9.26 Å². The average Bonchev–Trinajstić information content (AvgIpc) is 2.73. The van der Waals surface area contributed by atoms with Crippen molar-refractivity contribution in [3.8, 4) is 0 Å². The number of nitrogen functional groups attached to an aromatic ring is 1. The van der Waals surface area contributed by atoms with Gasteiger partial charge in [-0.25, -0.2) is 4.68 Å². The molecule has 2 rings (SSSR count). The van der Waals surface area contributed by atoms with E-state index in [4.69, 9.17) is 5.73 Å². The highest BCUT2D eigenvalue weighted by Gasteiger charge is 2.18. The molecule has 1 fully saturated rings. The second kappa shape index (κ2) is 4.30. The highest BCUT2D eigenvalue weighted by Crippen LogP contribution is 2.26. The molecule has 1 aliphatic heterocycles. The third kappa shape index (κ3) is 2.03. The molecule has 0 saturated carbocycles. The van der Waals surface area contributed by atoms with Gasteiger partial charge in [0, 0.05) is 6.54 Å². The van der Waals surface area contributed by atoms with Gasteiger partial charge in [0.05, 0.1) is 9.26 Å². The van der Waals surface area contributed by atoms with Crippen molar-refractivity contribution < 1.29 is 0 Å².